The van der Waals surface area contributed by atoms with Crippen molar-refractivity contribution >= 4 is 33.7 Å². The van der Waals surface area contributed by atoms with Crippen LogP contribution in [0.1, 0.15) is 12.8 Å². The van der Waals surface area contributed by atoms with Crippen LogP contribution in [-0.4, -0.2) is 40.3 Å². The summed E-state index contributed by atoms with van der Waals surface area (Å²) in [6, 6.07) is 1.36. The second kappa shape index (κ2) is 5.12. The molecule has 0 bridgehead atoms. The SMILES string of the molecule is C1CC[SiH]OC1.[SnH3]. The van der Waals surface area contributed by atoms with Gasteiger partial charge in [0.1, 0.15) is 0 Å². The molecule has 0 amide bonds. The minimum absolute atomic E-state index is 0. The molecule has 0 N–H and O–H groups in total. The molecule has 0 aromatic heterocycles. The average molecular weight is 223 g/mol. The van der Waals surface area contributed by atoms with Crippen LogP contribution in [0.4, 0.5) is 0 Å². The van der Waals surface area contributed by atoms with Gasteiger partial charge in [-0.05, 0) is 12.5 Å². The Morgan fingerprint density at radius 1 is 1.29 bits per heavy atom. The zero-order chi connectivity index (χ0) is 4.24. The van der Waals surface area contributed by atoms with Gasteiger partial charge in [-0.3, -0.25) is 0 Å². The molecule has 3 heteroatoms. The van der Waals surface area contributed by atoms with Gasteiger partial charge in [0.2, 0.25) is 0 Å². The summed E-state index contributed by atoms with van der Waals surface area (Å²) in [6.45, 7) is 1.04. The van der Waals surface area contributed by atoms with Gasteiger partial charge in [0.25, 0.3) is 0 Å². The van der Waals surface area contributed by atoms with E-state index in [4.69, 9.17) is 4.43 Å². The van der Waals surface area contributed by atoms with Gasteiger partial charge in [-0.15, -0.1) is 0 Å². The zero-order valence-electron chi connectivity index (χ0n) is 4.81. The van der Waals surface area contributed by atoms with Crippen LogP contribution in [0.15, 0.2) is 0 Å². The molecule has 0 atom stereocenters. The Morgan fingerprint density at radius 3 is 2.29 bits per heavy atom. The molecule has 0 aromatic rings. The van der Waals surface area contributed by atoms with Crippen molar-refractivity contribution in [1.29, 1.82) is 0 Å². The van der Waals surface area contributed by atoms with E-state index in [1.807, 2.05) is 0 Å². The fourth-order valence-corrected chi connectivity index (χ4v) is 1.54. The molecule has 0 saturated carbocycles. The third-order valence-corrected chi connectivity index (χ3v) is 2.07. The first-order valence-electron chi connectivity index (χ1n) is 2.43. The maximum absolute atomic E-state index is 5.15. The summed E-state index contributed by atoms with van der Waals surface area (Å²) in [5, 5.41) is 0. The maximum atomic E-state index is 5.15. The number of hydrogen-bond acceptors (Lipinski definition) is 1. The number of rotatable bonds is 0. The van der Waals surface area contributed by atoms with E-state index in [0.717, 1.165) is 6.61 Å². The molecule has 7 heavy (non-hydrogen) atoms. The van der Waals surface area contributed by atoms with E-state index in [1.165, 1.54) is 18.9 Å². The standard InChI is InChI=1S/C4H9OSi.Sn.3H/c1-2-4-6-5-3-1;;;;/h6H,1-4H2;;;;. The summed E-state index contributed by atoms with van der Waals surface area (Å²) in [5.41, 5.74) is 0. The first-order chi connectivity index (χ1) is 3.00. The van der Waals surface area contributed by atoms with Crippen LogP contribution in [0, 0.1) is 0 Å². The molecule has 1 nitrogen and oxygen atoms in total. The Labute approximate surface area is 63.7 Å². The first kappa shape index (κ1) is 7.98. The summed E-state index contributed by atoms with van der Waals surface area (Å²) in [4.78, 5) is 0. The summed E-state index contributed by atoms with van der Waals surface area (Å²) in [5.74, 6) is 0. The third-order valence-electron chi connectivity index (χ3n) is 0.952. The normalized spacial score (nSPS) is 20.6. The van der Waals surface area contributed by atoms with Gasteiger partial charge in [0.15, 0.2) is 9.76 Å². The number of hydrogen-bond donors (Lipinski definition) is 0. The van der Waals surface area contributed by atoms with Crippen molar-refractivity contribution in [2.75, 3.05) is 6.61 Å². The van der Waals surface area contributed by atoms with Gasteiger partial charge in [-0.2, -0.15) is 0 Å². The Morgan fingerprint density at radius 2 is 2.14 bits per heavy atom. The predicted octanol–water partition coefficient (Wildman–Crippen LogP) is -0.617. The van der Waals surface area contributed by atoms with E-state index >= 15 is 0 Å². The Bertz CT molecular complexity index is 27.2. The van der Waals surface area contributed by atoms with E-state index < -0.39 is 0 Å². The molecule has 1 aliphatic rings. The van der Waals surface area contributed by atoms with Gasteiger partial charge < -0.3 is 4.43 Å². The minimum atomic E-state index is 0. The predicted molar refractivity (Wildman–Crippen MR) is 37.1 cm³/mol. The van der Waals surface area contributed by atoms with Crippen LogP contribution < -0.4 is 0 Å². The summed E-state index contributed by atoms with van der Waals surface area (Å²) in [6.07, 6.45) is 2.71. The fourth-order valence-electron chi connectivity index (χ4n) is 0.580. The second-order valence-corrected chi connectivity index (χ2v) is 2.78. The Kier molecular flexibility index (Phi) is 5.83. The van der Waals surface area contributed by atoms with E-state index in [9.17, 15) is 0 Å². The van der Waals surface area contributed by atoms with Crippen molar-refractivity contribution < 1.29 is 4.43 Å². The molecular formula is C4H12OSiSn. The molecule has 1 heterocycles. The van der Waals surface area contributed by atoms with Crippen molar-refractivity contribution in [2.24, 2.45) is 0 Å². The van der Waals surface area contributed by atoms with Crippen LogP contribution in [0.5, 0.6) is 0 Å². The van der Waals surface area contributed by atoms with Crippen molar-refractivity contribution in [1.82, 2.24) is 0 Å². The molecule has 42 valence electrons. The van der Waals surface area contributed by atoms with E-state index in [-0.39, 0.29) is 23.9 Å². The van der Waals surface area contributed by atoms with E-state index in [2.05, 4.69) is 0 Å². The Balaban J connectivity index is 0.000000360. The van der Waals surface area contributed by atoms with Gasteiger partial charge >= 0.3 is 23.9 Å². The van der Waals surface area contributed by atoms with Crippen LogP contribution in [0.25, 0.3) is 0 Å². The van der Waals surface area contributed by atoms with Crippen LogP contribution in [0.2, 0.25) is 6.04 Å². The van der Waals surface area contributed by atoms with Crippen molar-refractivity contribution in [3.8, 4) is 0 Å². The van der Waals surface area contributed by atoms with Gasteiger partial charge in [-0.25, -0.2) is 0 Å². The van der Waals surface area contributed by atoms with Crippen molar-refractivity contribution in [3.05, 3.63) is 0 Å². The summed E-state index contributed by atoms with van der Waals surface area (Å²) >= 11 is 0. The summed E-state index contributed by atoms with van der Waals surface area (Å²) in [7, 11) is 0.405. The first-order valence-corrected chi connectivity index (χ1v) is 3.72. The monoisotopic (exact) mass is 224 g/mol. The second-order valence-electron chi connectivity index (χ2n) is 1.53. The molecular weight excluding hydrogens is 211 g/mol. The van der Waals surface area contributed by atoms with Crippen molar-refractivity contribution in [2.45, 2.75) is 18.9 Å². The average Bonchev–Trinajstić information content (AvgIpc) is 1.72. The molecule has 1 fully saturated rings. The molecule has 1 aliphatic heterocycles. The quantitative estimate of drug-likeness (QED) is 0.497. The fraction of sp³-hybridized carbons (Fsp3) is 1.00. The Hall–Kier alpha value is 0.976. The van der Waals surface area contributed by atoms with E-state index in [0.29, 0.717) is 9.76 Å². The molecule has 1 saturated heterocycles. The molecule has 0 aliphatic carbocycles. The van der Waals surface area contributed by atoms with Gasteiger partial charge in [-0.1, -0.05) is 6.42 Å². The van der Waals surface area contributed by atoms with Gasteiger partial charge in [0, 0.05) is 6.61 Å². The molecule has 0 aromatic carbocycles. The van der Waals surface area contributed by atoms with Crippen LogP contribution in [-0.2, 0) is 4.43 Å². The van der Waals surface area contributed by atoms with E-state index in [1.54, 1.807) is 0 Å². The molecule has 0 spiro atoms. The zero-order valence-corrected chi connectivity index (χ0v) is 11.7. The topological polar surface area (TPSA) is 9.23 Å². The molecule has 1 rings (SSSR count). The van der Waals surface area contributed by atoms with Gasteiger partial charge in [0.05, 0.1) is 0 Å². The van der Waals surface area contributed by atoms with Crippen molar-refractivity contribution in [3.63, 3.8) is 0 Å². The molecule has 0 unspecified atom stereocenters. The van der Waals surface area contributed by atoms with Crippen LogP contribution >= 0.6 is 0 Å². The molecule has 2 radical (unpaired) electrons. The summed E-state index contributed by atoms with van der Waals surface area (Å²) < 4.78 is 5.15. The third kappa shape index (κ3) is 3.55. The van der Waals surface area contributed by atoms with Crippen LogP contribution in [0.3, 0.4) is 0 Å².